The molecule has 152 valence electrons. The maximum atomic E-state index is 14.0. The van der Waals surface area contributed by atoms with E-state index in [-0.39, 0.29) is 11.4 Å². The molecule has 0 spiro atoms. The Hall–Kier alpha value is -1.71. The second-order valence-corrected chi connectivity index (χ2v) is 7.52. The van der Waals surface area contributed by atoms with Gasteiger partial charge in [-0.15, -0.1) is 12.6 Å². The number of nitrogens with one attached hydrogen (secondary N) is 1. The van der Waals surface area contributed by atoms with Crippen LogP contribution >= 0.6 is 28.6 Å². The Labute approximate surface area is 177 Å². The Kier molecular flexibility index (Phi) is 7.79. The van der Waals surface area contributed by atoms with E-state index in [4.69, 9.17) is 0 Å². The first-order valence-corrected chi connectivity index (χ1v) is 10.1. The van der Waals surface area contributed by atoms with Crippen LogP contribution in [-0.2, 0) is 4.79 Å². The van der Waals surface area contributed by atoms with Crippen molar-refractivity contribution in [2.24, 2.45) is 0 Å². The molecule has 5 nitrogen and oxygen atoms in total. The highest BCUT2D eigenvalue weighted by molar-refractivity contribution is 9.10. The van der Waals surface area contributed by atoms with Crippen LogP contribution in [0.25, 0.3) is 11.1 Å². The fraction of sp³-hybridized carbons (Fsp3) is 0.368. The average Bonchev–Trinajstić information content (AvgIpc) is 3.08. The van der Waals surface area contributed by atoms with Crippen molar-refractivity contribution in [2.75, 3.05) is 6.54 Å². The molecule has 0 aromatic carbocycles. The summed E-state index contributed by atoms with van der Waals surface area (Å²) in [5.74, 6) is -0.691. The van der Waals surface area contributed by atoms with Gasteiger partial charge in [0.2, 0.25) is 0 Å². The van der Waals surface area contributed by atoms with Gasteiger partial charge >= 0.3 is 6.05 Å². The molecule has 0 aliphatic carbocycles. The average molecular weight is 473 g/mol. The highest BCUT2D eigenvalue weighted by Gasteiger charge is 2.35. The molecule has 9 heteroatoms. The number of alkyl halides is 2. The topological polar surface area (TPSA) is 49.6 Å². The third-order valence-corrected chi connectivity index (χ3v) is 4.93. The highest BCUT2D eigenvalue weighted by atomic mass is 79.9. The molecule has 0 aliphatic heterocycles. The molecule has 0 aliphatic rings. The highest BCUT2D eigenvalue weighted by Crippen LogP contribution is 2.26. The molecule has 2 aromatic heterocycles. The molecule has 2 heterocycles. The smallest absolute Gasteiger partial charge is 0.279 e. The summed E-state index contributed by atoms with van der Waals surface area (Å²) in [6, 6.07) is 0.660. The van der Waals surface area contributed by atoms with Crippen LogP contribution in [0.1, 0.15) is 39.2 Å². The maximum Gasteiger partial charge on any atom is 0.320 e. The van der Waals surface area contributed by atoms with Gasteiger partial charge in [0, 0.05) is 29.2 Å². The maximum absolute atomic E-state index is 14.0. The summed E-state index contributed by atoms with van der Waals surface area (Å²) in [5.41, 5.74) is 4.63. The predicted molar refractivity (Wildman–Crippen MR) is 114 cm³/mol. The first-order chi connectivity index (χ1) is 13.2. The van der Waals surface area contributed by atoms with Gasteiger partial charge < -0.3 is 0 Å². The largest absolute Gasteiger partial charge is 0.320 e. The first kappa shape index (κ1) is 22.6. The van der Waals surface area contributed by atoms with Crippen LogP contribution < -0.4 is 5.43 Å². The Bertz CT molecular complexity index is 910. The van der Waals surface area contributed by atoms with E-state index in [9.17, 15) is 13.6 Å². The van der Waals surface area contributed by atoms with Crippen molar-refractivity contribution in [3.05, 3.63) is 51.6 Å². The SMILES string of the molecule is C/C=C(/C=C(\S)C(=O)NN(CCC)C(F)(F)CC)c1cnn2cc(Br)ccc12. The van der Waals surface area contributed by atoms with Crippen molar-refractivity contribution in [2.45, 2.75) is 39.7 Å². The molecule has 28 heavy (non-hydrogen) atoms. The summed E-state index contributed by atoms with van der Waals surface area (Å²) >= 11 is 7.62. The molecule has 2 aromatic rings. The second-order valence-electron chi connectivity index (χ2n) is 6.12. The Morgan fingerprint density at radius 1 is 1.43 bits per heavy atom. The molecule has 1 N–H and O–H groups in total. The number of pyridine rings is 1. The van der Waals surface area contributed by atoms with Gasteiger partial charge in [0.25, 0.3) is 5.91 Å². The number of allylic oxidation sites excluding steroid dienone is 3. The van der Waals surface area contributed by atoms with Crippen molar-refractivity contribution in [1.29, 1.82) is 0 Å². The van der Waals surface area contributed by atoms with Crippen LogP contribution in [0.3, 0.4) is 0 Å². The predicted octanol–water partition coefficient (Wildman–Crippen LogP) is 5.06. The summed E-state index contributed by atoms with van der Waals surface area (Å²) in [5, 5.41) is 4.97. The number of nitrogens with zero attached hydrogens (tertiary/aromatic N) is 3. The van der Waals surface area contributed by atoms with Crippen molar-refractivity contribution in [3.8, 4) is 0 Å². The number of aromatic nitrogens is 2. The minimum Gasteiger partial charge on any atom is -0.279 e. The van der Waals surface area contributed by atoms with E-state index in [1.54, 1.807) is 23.7 Å². The van der Waals surface area contributed by atoms with Crippen LogP contribution in [0, 0.1) is 0 Å². The Morgan fingerprint density at radius 2 is 2.14 bits per heavy atom. The fourth-order valence-electron chi connectivity index (χ4n) is 2.61. The van der Waals surface area contributed by atoms with Crippen molar-refractivity contribution in [1.82, 2.24) is 20.0 Å². The van der Waals surface area contributed by atoms with E-state index < -0.39 is 18.4 Å². The molecule has 0 unspecified atom stereocenters. The van der Waals surface area contributed by atoms with Gasteiger partial charge in [-0.3, -0.25) is 10.2 Å². The molecule has 0 fully saturated rings. The van der Waals surface area contributed by atoms with Gasteiger partial charge in [-0.1, -0.05) is 19.9 Å². The zero-order chi connectivity index (χ0) is 20.9. The van der Waals surface area contributed by atoms with E-state index in [1.807, 2.05) is 31.3 Å². The van der Waals surface area contributed by atoms with Crippen LogP contribution in [0.4, 0.5) is 8.78 Å². The molecule has 0 atom stereocenters. The van der Waals surface area contributed by atoms with E-state index in [0.29, 0.717) is 17.0 Å². The van der Waals surface area contributed by atoms with E-state index in [2.05, 4.69) is 39.1 Å². The molecule has 0 radical (unpaired) electrons. The number of fused-ring (bicyclic) bond motifs is 1. The zero-order valence-electron chi connectivity index (χ0n) is 15.9. The van der Waals surface area contributed by atoms with E-state index >= 15 is 0 Å². The number of carbonyl (C=O) groups excluding carboxylic acids is 1. The van der Waals surface area contributed by atoms with Crippen LogP contribution in [0.15, 0.2) is 46.1 Å². The van der Waals surface area contributed by atoms with Crippen molar-refractivity contribution < 1.29 is 13.6 Å². The first-order valence-electron chi connectivity index (χ1n) is 8.90. The van der Waals surface area contributed by atoms with Gasteiger partial charge in [-0.05, 0) is 53.1 Å². The van der Waals surface area contributed by atoms with Gasteiger partial charge in [0.05, 0.1) is 16.6 Å². The van der Waals surface area contributed by atoms with Crippen LogP contribution in [-0.4, -0.2) is 33.1 Å². The number of carbonyl (C=O) groups is 1. The summed E-state index contributed by atoms with van der Waals surface area (Å²) < 4.78 is 30.6. The lowest BCUT2D eigenvalue weighted by molar-refractivity contribution is -0.178. The minimum absolute atomic E-state index is 0.0255. The van der Waals surface area contributed by atoms with E-state index in [1.165, 1.54) is 6.92 Å². The fourth-order valence-corrected chi connectivity index (χ4v) is 3.12. The minimum atomic E-state index is -3.13. The van der Waals surface area contributed by atoms with Crippen molar-refractivity contribution in [3.63, 3.8) is 0 Å². The quantitative estimate of drug-likeness (QED) is 0.185. The molecule has 0 saturated heterocycles. The lowest BCUT2D eigenvalue weighted by atomic mass is 10.1. The third kappa shape index (κ3) is 5.21. The molecule has 0 saturated carbocycles. The number of halogens is 3. The zero-order valence-corrected chi connectivity index (χ0v) is 18.4. The van der Waals surface area contributed by atoms with Crippen LogP contribution in [0.5, 0.6) is 0 Å². The van der Waals surface area contributed by atoms with Gasteiger partial charge in [0.1, 0.15) is 0 Å². The number of thiol groups is 1. The molecule has 0 bridgehead atoms. The number of hydrogen-bond acceptors (Lipinski definition) is 4. The van der Waals surface area contributed by atoms with Gasteiger partial charge in [-0.25, -0.2) is 4.52 Å². The molecule has 1 amide bonds. The lowest BCUT2D eigenvalue weighted by Gasteiger charge is -2.30. The van der Waals surface area contributed by atoms with E-state index in [0.717, 1.165) is 15.6 Å². The number of amides is 1. The molecule has 2 rings (SSSR count). The second kappa shape index (κ2) is 9.67. The number of rotatable bonds is 8. The standard InChI is InChI=1S/C19H23BrF2N4OS/c1-4-9-26(19(21,22)6-3)24-18(27)17(28)10-13(5-2)15-11-23-25-12-14(20)7-8-16(15)25/h5,7-8,10-12,28H,4,6,9H2,1-3H3,(H,24,27)/b13-5-,17-10-. The van der Waals surface area contributed by atoms with Crippen LogP contribution in [0.2, 0.25) is 0 Å². The van der Waals surface area contributed by atoms with Gasteiger partial charge in [-0.2, -0.15) is 18.9 Å². The summed E-state index contributed by atoms with van der Waals surface area (Å²) in [6.45, 7) is 4.99. The summed E-state index contributed by atoms with van der Waals surface area (Å²) in [7, 11) is 0. The number of hydrogen-bond donors (Lipinski definition) is 2. The molecular formula is C19H23BrF2N4OS. The Balaban J connectivity index is 2.27. The Morgan fingerprint density at radius 3 is 2.75 bits per heavy atom. The van der Waals surface area contributed by atoms with Crippen molar-refractivity contribution >= 4 is 45.6 Å². The lowest BCUT2D eigenvalue weighted by Crippen LogP contribution is -2.52. The summed E-state index contributed by atoms with van der Waals surface area (Å²) in [4.78, 5) is 12.5. The summed E-state index contributed by atoms with van der Waals surface area (Å²) in [6.07, 6.45) is 6.93. The third-order valence-electron chi connectivity index (χ3n) is 4.13. The van der Waals surface area contributed by atoms with Gasteiger partial charge in [0.15, 0.2) is 0 Å². The normalized spacial score (nSPS) is 13.4. The number of hydrazine groups is 1. The monoisotopic (exact) mass is 472 g/mol. The molecular weight excluding hydrogens is 450 g/mol.